The molecule has 0 saturated carbocycles. The van der Waals surface area contributed by atoms with Crippen LogP contribution in [0.2, 0.25) is 0 Å². The van der Waals surface area contributed by atoms with Crippen LogP contribution in [0.1, 0.15) is 43.9 Å². The molecular weight excluding hydrogens is 450 g/mol. The van der Waals surface area contributed by atoms with E-state index in [4.69, 9.17) is 0 Å². The number of rotatable bonds is 11. The first-order chi connectivity index (χ1) is 16.0. The van der Waals surface area contributed by atoms with Crippen molar-refractivity contribution < 1.29 is 18.0 Å². The molecule has 34 heavy (non-hydrogen) atoms. The van der Waals surface area contributed by atoms with Crippen LogP contribution < -0.4 is 9.62 Å². The number of nitrogens with zero attached hydrogens (tertiary/aromatic N) is 2. The average Bonchev–Trinajstić information content (AvgIpc) is 2.79. The summed E-state index contributed by atoms with van der Waals surface area (Å²) in [7, 11) is -3.74. The molecule has 0 aliphatic carbocycles. The third-order valence-corrected chi connectivity index (χ3v) is 7.30. The second-order valence-electron chi connectivity index (χ2n) is 8.81. The molecule has 0 saturated heterocycles. The number of benzene rings is 2. The molecule has 7 nitrogen and oxygen atoms in total. The van der Waals surface area contributed by atoms with Crippen LogP contribution in [0, 0.1) is 13.8 Å². The summed E-state index contributed by atoms with van der Waals surface area (Å²) in [6.45, 7) is 9.22. The van der Waals surface area contributed by atoms with Crippen molar-refractivity contribution in [1.82, 2.24) is 10.2 Å². The average molecular weight is 488 g/mol. The summed E-state index contributed by atoms with van der Waals surface area (Å²) in [4.78, 5) is 27.9. The van der Waals surface area contributed by atoms with E-state index in [0.717, 1.165) is 33.7 Å². The van der Waals surface area contributed by atoms with E-state index in [1.165, 1.54) is 4.90 Å². The molecule has 0 aromatic heterocycles. The summed E-state index contributed by atoms with van der Waals surface area (Å²) in [6.07, 6.45) is 2.41. The Kier molecular flexibility index (Phi) is 9.67. The number of hydrogen-bond acceptors (Lipinski definition) is 4. The van der Waals surface area contributed by atoms with Crippen molar-refractivity contribution in [3.05, 3.63) is 65.2 Å². The molecule has 2 atom stereocenters. The number of carbonyl (C=O) groups excluding carboxylic acids is 2. The van der Waals surface area contributed by atoms with E-state index in [-0.39, 0.29) is 18.5 Å². The first kappa shape index (κ1) is 27.4. The maximum atomic E-state index is 13.5. The van der Waals surface area contributed by atoms with Crippen molar-refractivity contribution in [3.63, 3.8) is 0 Å². The molecule has 0 unspecified atom stereocenters. The highest BCUT2D eigenvalue weighted by atomic mass is 32.2. The lowest BCUT2D eigenvalue weighted by Gasteiger charge is -2.32. The number of amides is 2. The number of nitrogens with one attached hydrogen (secondary N) is 1. The van der Waals surface area contributed by atoms with Gasteiger partial charge in [0.15, 0.2) is 0 Å². The molecule has 2 rings (SSSR count). The topological polar surface area (TPSA) is 86.8 Å². The van der Waals surface area contributed by atoms with Gasteiger partial charge in [0.25, 0.3) is 0 Å². The van der Waals surface area contributed by atoms with Crippen LogP contribution in [0.3, 0.4) is 0 Å². The lowest BCUT2D eigenvalue weighted by molar-refractivity contribution is -0.139. The molecule has 0 radical (unpaired) electrons. The molecule has 0 bridgehead atoms. The fourth-order valence-electron chi connectivity index (χ4n) is 3.64. The van der Waals surface area contributed by atoms with Gasteiger partial charge in [0, 0.05) is 12.6 Å². The Labute approximate surface area is 204 Å². The van der Waals surface area contributed by atoms with Crippen LogP contribution in [0.15, 0.2) is 48.5 Å². The van der Waals surface area contributed by atoms with Crippen molar-refractivity contribution in [2.75, 3.05) is 23.7 Å². The van der Waals surface area contributed by atoms with Gasteiger partial charge < -0.3 is 10.2 Å². The quantitative estimate of drug-likeness (QED) is 0.526. The van der Waals surface area contributed by atoms with Crippen LogP contribution >= 0.6 is 0 Å². The highest BCUT2D eigenvalue weighted by Gasteiger charge is 2.30. The van der Waals surface area contributed by atoms with Crippen LogP contribution in [0.25, 0.3) is 0 Å². The monoisotopic (exact) mass is 487 g/mol. The van der Waals surface area contributed by atoms with Gasteiger partial charge in [-0.15, -0.1) is 0 Å². The Hall–Kier alpha value is -2.87. The SMILES string of the molecule is CC[C@@H](C)NC(=O)[C@@H](C)N(CCc1ccccc1)C(=O)CN(c1cccc(C)c1C)S(C)(=O)=O. The molecule has 0 aliphatic heterocycles. The normalized spacial score (nSPS) is 13.1. The number of sulfonamides is 1. The van der Waals surface area contributed by atoms with Crippen LogP contribution in [0.5, 0.6) is 0 Å². The molecule has 8 heteroatoms. The zero-order chi connectivity index (χ0) is 25.5. The maximum absolute atomic E-state index is 13.5. The van der Waals surface area contributed by atoms with Crippen molar-refractivity contribution in [3.8, 4) is 0 Å². The van der Waals surface area contributed by atoms with Gasteiger partial charge in [0.05, 0.1) is 11.9 Å². The Morgan fingerprint density at radius 2 is 1.65 bits per heavy atom. The van der Waals surface area contributed by atoms with E-state index in [9.17, 15) is 18.0 Å². The van der Waals surface area contributed by atoms with E-state index >= 15 is 0 Å². The molecular formula is C26H37N3O4S. The second-order valence-corrected chi connectivity index (χ2v) is 10.7. The predicted molar refractivity (Wildman–Crippen MR) is 137 cm³/mol. The molecule has 0 fully saturated rings. The summed E-state index contributed by atoms with van der Waals surface area (Å²) in [5, 5.41) is 2.93. The molecule has 0 heterocycles. The van der Waals surface area contributed by atoms with Crippen LogP contribution in [0.4, 0.5) is 5.69 Å². The zero-order valence-corrected chi connectivity index (χ0v) is 21.9. The van der Waals surface area contributed by atoms with Crippen molar-refractivity contribution >= 4 is 27.5 Å². The highest BCUT2D eigenvalue weighted by Crippen LogP contribution is 2.25. The number of carbonyl (C=O) groups is 2. The summed E-state index contributed by atoms with van der Waals surface area (Å²) in [5.74, 6) is -0.678. The Morgan fingerprint density at radius 3 is 2.24 bits per heavy atom. The Balaban J connectivity index is 2.35. The Morgan fingerprint density at radius 1 is 1.00 bits per heavy atom. The van der Waals surface area contributed by atoms with Gasteiger partial charge in [0.2, 0.25) is 21.8 Å². The first-order valence-corrected chi connectivity index (χ1v) is 13.5. The Bertz CT molecular complexity index is 1090. The molecule has 2 aromatic carbocycles. The van der Waals surface area contributed by atoms with Gasteiger partial charge in [-0.1, -0.05) is 49.4 Å². The molecule has 0 spiro atoms. The third kappa shape index (κ3) is 7.32. The zero-order valence-electron chi connectivity index (χ0n) is 21.0. The van der Waals surface area contributed by atoms with Gasteiger partial charge in [-0.05, 0) is 63.3 Å². The van der Waals surface area contributed by atoms with E-state index in [2.05, 4.69) is 5.32 Å². The first-order valence-electron chi connectivity index (χ1n) is 11.6. The molecule has 2 amide bonds. The van der Waals surface area contributed by atoms with Crippen LogP contribution in [-0.4, -0.2) is 56.6 Å². The van der Waals surface area contributed by atoms with Crippen molar-refractivity contribution in [2.24, 2.45) is 0 Å². The lowest BCUT2D eigenvalue weighted by atomic mass is 10.1. The standard InChI is InChI=1S/C26H37N3O4S/c1-7-20(3)27-26(31)22(5)28(17-16-23-13-9-8-10-14-23)25(30)18-29(34(6,32)33)24-15-11-12-19(2)21(24)4/h8-15,20,22H,7,16-18H2,1-6H3,(H,27,31)/t20-,22-/m1/s1. The third-order valence-electron chi connectivity index (χ3n) is 6.18. The minimum Gasteiger partial charge on any atom is -0.352 e. The number of hydrogen-bond donors (Lipinski definition) is 1. The smallest absolute Gasteiger partial charge is 0.244 e. The molecule has 1 N–H and O–H groups in total. The maximum Gasteiger partial charge on any atom is 0.244 e. The number of anilines is 1. The second kappa shape index (κ2) is 12.0. The van der Waals surface area contributed by atoms with Crippen molar-refractivity contribution in [2.45, 2.75) is 59.5 Å². The molecule has 0 aliphatic rings. The fraction of sp³-hybridized carbons (Fsp3) is 0.462. The summed E-state index contributed by atoms with van der Waals surface area (Å²) in [5.41, 5.74) is 3.22. The largest absolute Gasteiger partial charge is 0.352 e. The highest BCUT2D eigenvalue weighted by molar-refractivity contribution is 7.92. The fourth-order valence-corrected chi connectivity index (χ4v) is 4.54. The molecule has 186 valence electrons. The summed E-state index contributed by atoms with van der Waals surface area (Å²) in [6, 6.07) is 14.3. The van der Waals surface area contributed by atoms with E-state index < -0.39 is 22.0 Å². The minimum absolute atomic E-state index is 0.0245. The van der Waals surface area contributed by atoms with Gasteiger partial charge in [0.1, 0.15) is 12.6 Å². The predicted octanol–water partition coefficient (Wildman–Crippen LogP) is 3.44. The summed E-state index contributed by atoms with van der Waals surface area (Å²) < 4.78 is 26.5. The van der Waals surface area contributed by atoms with Crippen molar-refractivity contribution in [1.29, 1.82) is 0 Å². The van der Waals surface area contributed by atoms with Gasteiger partial charge in [-0.25, -0.2) is 8.42 Å². The van der Waals surface area contributed by atoms with E-state index in [0.29, 0.717) is 18.7 Å². The molecule has 2 aromatic rings. The van der Waals surface area contributed by atoms with Gasteiger partial charge in [-0.3, -0.25) is 13.9 Å². The van der Waals surface area contributed by atoms with E-state index in [1.54, 1.807) is 19.1 Å². The van der Waals surface area contributed by atoms with Crippen LogP contribution in [-0.2, 0) is 26.0 Å². The minimum atomic E-state index is -3.74. The summed E-state index contributed by atoms with van der Waals surface area (Å²) >= 11 is 0. The van der Waals surface area contributed by atoms with E-state index in [1.807, 2.05) is 64.1 Å². The number of aryl methyl sites for hydroxylation is 1. The van der Waals surface area contributed by atoms with Gasteiger partial charge >= 0.3 is 0 Å². The lowest BCUT2D eigenvalue weighted by Crippen LogP contribution is -2.53. The van der Waals surface area contributed by atoms with Gasteiger partial charge in [-0.2, -0.15) is 0 Å².